The Morgan fingerprint density at radius 2 is 1.94 bits per heavy atom. The van der Waals surface area contributed by atoms with Crippen LogP contribution in [0.25, 0.3) is 11.3 Å². The zero-order valence-corrected chi connectivity index (χ0v) is 21.8. The zero-order chi connectivity index (χ0) is 24.2. The number of amides is 2. The van der Waals surface area contributed by atoms with E-state index in [1.807, 2.05) is 42.3 Å². The number of aromatic nitrogens is 1. The number of nitrogens with one attached hydrogen (secondary N) is 2. The molecule has 2 heterocycles. The molecule has 6 nitrogen and oxygen atoms in total. The highest BCUT2D eigenvalue weighted by molar-refractivity contribution is 7.10. The van der Waals surface area contributed by atoms with Gasteiger partial charge in [-0.3, -0.25) is 9.59 Å². The summed E-state index contributed by atoms with van der Waals surface area (Å²) in [6.45, 7) is 4.54. The van der Waals surface area contributed by atoms with Crippen LogP contribution in [0.3, 0.4) is 0 Å². The quantitative estimate of drug-likeness (QED) is 0.551. The summed E-state index contributed by atoms with van der Waals surface area (Å²) in [4.78, 5) is 33.5. The van der Waals surface area contributed by atoms with E-state index in [9.17, 15) is 9.59 Å². The zero-order valence-electron chi connectivity index (χ0n) is 20.3. The molecule has 2 N–H and O–H groups in total. The highest BCUT2D eigenvalue weighted by atomic mass is 35.5. The van der Waals surface area contributed by atoms with Crippen molar-refractivity contribution < 1.29 is 9.59 Å². The van der Waals surface area contributed by atoms with Gasteiger partial charge in [-0.25, -0.2) is 4.98 Å². The first-order valence-electron chi connectivity index (χ1n) is 12.4. The number of halogens is 1. The van der Waals surface area contributed by atoms with Crippen molar-refractivity contribution in [2.24, 2.45) is 5.92 Å². The Hall–Kier alpha value is -1.96. The second-order valence-corrected chi connectivity index (χ2v) is 10.9. The Bertz CT molecular complexity index is 1020. The van der Waals surface area contributed by atoms with Crippen molar-refractivity contribution in [1.29, 1.82) is 0 Å². The number of hydrogen-bond donors (Lipinski definition) is 2. The van der Waals surface area contributed by atoms with Gasteiger partial charge in [0, 0.05) is 17.5 Å². The molecule has 34 heavy (non-hydrogen) atoms. The molecule has 2 aromatic rings. The Labute approximate surface area is 211 Å². The average molecular weight is 503 g/mol. The summed E-state index contributed by atoms with van der Waals surface area (Å²) in [5, 5.41) is 9.75. The summed E-state index contributed by atoms with van der Waals surface area (Å²) in [7, 11) is 1.76. The van der Waals surface area contributed by atoms with Gasteiger partial charge in [0.15, 0.2) is 0 Å². The Kier molecular flexibility index (Phi) is 8.27. The second-order valence-electron chi connectivity index (χ2n) is 9.64. The van der Waals surface area contributed by atoms with E-state index in [1.165, 1.54) is 6.42 Å². The van der Waals surface area contributed by atoms with Crippen molar-refractivity contribution in [3.8, 4) is 11.3 Å². The van der Waals surface area contributed by atoms with Crippen LogP contribution in [-0.4, -0.2) is 47.4 Å². The Morgan fingerprint density at radius 1 is 1.18 bits per heavy atom. The molecule has 0 bridgehead atoms. The maximum Gasteiger partial charge on any atom is 0.246 e. The number of benzene rings is 1. The van der Waals surface area contributed by atoms with E-state index in [0.29, 0.717) is 11.6 Å². The van der Waals surface area contributed by atoms with E-state index in [4.69, 9.17) is 16.6 Å². The number of aryl methyl sites for hydroxylation is 1. The fraction of sp³-hybridized carbons (Fsp3) is 0.577. The van der Waals surface area contributed by atoms with Crippen molar-refractivity contribution in [2.75, 3.05) is 13.6 Å². The number of carbonyl (C=O) groups excluding carboxylic acids is 2. The number of carbonyl (C=O) groups is 2. The molecule has 1 aromatic carbocycles. The highest BCUT2D eigenvalue weighted by Crippen LogP contribution is 2.38. The molecule has 8 heteroatoms. The van der Waals surface area contributed by atoms with Gasteiger partial charge in [0.2, 0.25) is 11.8 Å². The fourth-order valence-electron chi connectivity index (χ4n) is 5.12. The molecule has 1 aliphatic heterocycles. The maximum atomic E-state index is 13.9. The predicted octanol–water partition coefficient (Wildman–Crippen LogP) is 5.11. The van der Waals surface area contributed by atoms with Gasteiger partial charge in [0.05, 0.1) is 22.8 Å². The summed E-state index contributed by atoms with van der Waals surface area (Å²) in [5.41, 5.74) is 2.88. The SMILES string of the molecule is CN[C@@H](C)C(=O)N[C@H](C(=O)N1CCC[C@H]1c1nc(-c2ccc(C)cc2Cl)cs1)C1CCCCC1. The van der Waals surface area contributed by atoms with Crippen molar-refractivity contribution in [3.05, 3.63) is 39.2 Å². The Balaban J connectivity index is 1.56. The number of thiazole rings is 1. The first-order chi connectivity index (χ1) is 16.4. The normalized spacial score (nSPS) is 20.8. The van der Waals surface area contributed by atoms with Crippen LogP contribution in [0.5, 0.6) is 0 Å². The highest BCUT2D eigenvalue weighted by Gasteiger charge is 2.40. The summed E-state index contributed by atoms with van der Waals surface area (Å²) in [6.07, 6.45) is 7.22. The van der Waals surface area contributed by atoms with E-state index < -0.39 is 6.04 Å². The molecule has 1 saturated carbocycles. The van der Waals surface area contributed by atoms with Gasteiger partial charge in [0.1, 0.15) is 11.0 Å². The Morgan fingerprint density at radius 3 is 2.65 bits per heavy atom. The van der Waals surface area contributed by atoms with Gasteiger partial charge in [-0.1, -0.05) is 43.0 Å². The number of nitrogens with zero attached hydrogens (tertiary/aromatic N) is 2. The van der Waals surface area contributed by atoms with E-state index >= 15 is 0 Å². The molecule has 2 amide bonds. The smallest absolute Gasteiger partial charge is 0.246 e. The van der Waals surface area contributed by atoms with Crippen LogP contribution in [0.4, 0.5) is 0 Å². The van der Waals surface area contributed by atoms with Crippen LogP contribution in [0.15, 0.2) is 23.6 Å². The molecule has 0 spiro atoms. The lowest BCUT2D eigenvalue weighted by atomic mass is 9.83. The lowest BCUT2D eigenvalue weighted by Crippen LogP contribution is -2.55. The third-order valence-corrected chi connectivity index (χ3v) is 8.51. The molecule has 3 atom stereocenters. The summed E-state index contributed by atoms with van der Waals surface area (Å²) in [5.74, 6) is 0.109. The van der Waals surface area contributed by atoms with Gasteiger partial charge in [-0.15, -0.1) is 11.3 Å². The molecule has 1 saturated heterocycles. The van der Waals surface area contributed by atoms with Crippen molar-refractivity contribution in [3.63, 3.8) is 0 Å². The van der Waals surface area contributed by atoms with Crippen LogP contribution in [0.1, 0.15) is 68.5 Å². The first-order valence-corrected chi connectivity index (χ1v) is 13.6. The van der Waals surface area contributed by atoms with Gasteiger partial charge in [-0.2, -0.15) is 0 Å². The third kappa shape index (κ3) is 5.47. The lowest BCUT2D eigenvalue weighted by molar-refractivity contribution is -0.139. The number of hydrogen-bond acceptors (Lipinski definition) is 5. The third-order valence-electron chi connectivity index (χ3n) is 7.25. The molecule has 1 aliphatic carbocycles. The van der Waals surface area contributed by atoms with Gasteiger partial charge >= 0.3 is 0 Å². The van der Waals surface area contributed by atoms with Crippen LogP contribution in [0.2, 0.25) is 5.02 Å². The second kappa shape index (κ2) is 11.2. The molecule has 2 aliphatic rings. The van der Waals surface area contributed by atoms with Crippen LogP contribution < -0.4 is 10.6 Å². The van der Waals surface area contributed by atoms with Crippen LogP contribution in [-0.2, 0) is 9.59 Å². The minimum Gasteiger partial charge on any atom is -0.343 e. The molecule has 184 valence electrons. The molecule has 0 unspecified atom stereocenters. The molecular formula is C26H35ClN4O2S. The van der Waals surface area contributed by atoms with E-state index in [2.05, 4.69) is 10.6 Å². The largest absolute Gasteiger partial charge is 0.343 e. The average Bonchev–Trinajstić information content (AvgIpc) is 3.52. The van der Waals surface area contributed by atoms with E-state index in [1.54, 1.807) is 18.4 Å². The van der Waals surface area contributed by atoms with Crippen LogP contribution >= 0.6 is 22.9 Å². The van der Waals surface area contributed by atoms with Gasteiger partial charge < -0.3 is 15.5 Å². The van der Waals surface area contributed by atoms with Gasteiger partial charge in [0.25, 0.3) is 0 Å². The molecule has 1 aromatic heterocycles. The van der Waals surface area contributed by atoms with Crippen molar-refractivity contribution in [2.45, 2.75) is 76.9 Å². The minimum absolute atomic E-state index is 0.0381. The monoisotopic (exact) mass is 502 g/mol. The minimum atomic E-state index is -0.477. The first kappa shape index (κ1) is 25.1. The number of likely N-dealkylation sites (N-methyl/N-ethyl adjacent to an activating group) is 1. The summed E-state index contributed by atoms with van der Waals surface area (Å²) in [6, 6.07) is 5.12. The molecule has 2 fully saturated rings. The van der Waals surface area contributed by atoms with Crippen molar-refractivity contribution in [1.82, 2.24) is 20.5 Å². The van der Waals surface area contributed by atoms with Crippen molar-refractivity contribution >= 4 is 34.8 Å². The van der Waals surface area contributed by atoms with E-state index in [-0.39, 0.29) is 29.8 Å². The molecular weight excluding hydrogens is 468 g/mol. The van der Waals surface area contributed by atoms with Gasteiger partial charge in [-0.05, 0) is 64.1 Å². The maximum absolute atomic E-state index is 13.9. The number of likely N-dealkylation sites (tertiary alicyclic amines) is 1. The molecule has 4 rings (SSSR count). The number of rotatable bonds is 7. The van der Waals surface area contributed by atoms with E-state index in [0.717, 1.165) is 60.4 Å². The predicted molar refractivity (Wildman–Crippen MR) is 138 cm³/mol. The van der Waals surface area contributed by atoms with Crippen LogP contribution in [0, 0.1) is 12.8 Å². The summed E-state index contributed by atoms with van der Waals surface area (Å²) < 4.78 is 0. The molecule has 0 radical (unpaired) electrons. The fourth-order valence-corrected chi connectivity index (χ4v) is 6.41. The lowest BCUT2D eigenvalue weighted by Gasteiger charge is -2.35. The standard InChI is InChI=1S/C26H35ClN4O2S/c1-16-11-12-19(20(27)14-16)21-15-34-25(29-21)22-10-7-13-31(22)26(33)23(18-8-5-4-6-9-18)30-24(32)17(2)28-3/h11-12,14-15,17-18,22-23,28H,4-10,13H2,1-3H3,(H,30,32)/t17-,22-,23-/m0/s1. The summed E-state index contributed by atoms with van der Waals surface area (Å²) >= 11 is 8.06. The topological polar surface area (TPSA) is 74.3 Å².